The molecule has 0 bridgehead atoms. The van der Waals surface area contributed by atoms with Gasteiger partial charge >= 0.3 is 28.7 Å². The Morgan fingerprint density at radius 2 is 1.83 bits per heavy atom. The van der Waals surface area contributed by atoms with Crippen molar-refractivity contribution in [1.29, 1.82) is 0 Å². The first-order chi connectivity index (χ1) is 13.9. The molecule has 0 aromatic heterocycles. The summed E-state index contributed by atoms with van der Waals surface area (Å²) in [6.45, 7) is 2.65. The quantitative estimate of drug-likeness (QED) is 0.116. The summed E-state index contributed by atoms with van der Waals surface area (Å²) in [7, 11) is 0. The third kappa shape index (κ3) is 7.35. The van der Waals surface area contributed by atoms with Crippen molar-refractivity contribution in [3.63, 3.8) is 0 Å². The first-order valence-electron chi connectivity index (χ1n) is 8.24. The number of esters is 1. The lowest BCUT2D eigenvalue weighted by Crippen LogP contribution is -2.41. The number of hydrogen-bond acceptors (Lipinski definition) is 8. The lowest BCUT2D eigenvalue weighted by Gasteiger charge is -2.34. The fourth-order valence-corrected chi connectivity index (χ4v) is 4.13. The van der Waals surface area contributed by atoms with Crippen LogP contribution in [0.15, 0.2) is 17.7 Å². The van der Waals surface area contributed by atoms with Crippen molar-refractivity contribution in [1.82, 2.24) is 0 Å². The van der Waals surface area contributed by atoms with E-state index in [4.69, 9.17) is 24.3 Å². The van der Waals surface area contributed by atoms with Crippen LogP contribution in [-0.2, 0) is 40.6 Å². The second-order valence-electron chi connectivity index (χ2n) is 6.34. The van der Waals surface area contributed by atoms with Crippen molar-refractivity contribution in [3.8, 4) is 5.75 Å². The third-order valence-electron chi connectivity index (χ3n) is 3.83. The zero-order valence-electron chi connectivity index (χ0n) is 15.7. The summed E-state index contributed by atoms with van der Waals surface area (Å²) in [6, 6.07) is 3.43. The maximum atomic E-state index is 12.9. The molecule has 3 atom stereocenters. The average molecular weight is 687 g/mol. The molecule has 1 aromatic rings. The number of aryl methyl sites for hydroxylation is 1. The Balaban J connectivity index is 2.34. The lowest BCUT2D eigenvalue weighted by atomic mass is 9.97. The minimum Gasteiger partial charge on any atom is -0.482 e. The molecule has 1 aliphatic heterocycles. The highest BCUT2D eigenvalue weighted by molar-refractivity contribution is 14.2. The number of benzene rings is 1. The monoisotopic (exact) mass is 687 g/mol. The molecule has 2 rings (SSSR count). The van der Waals surface area contributed by atoms with Crippen LogP contribution in [0.3, 0.4) is 0 Å². The van der Waals surface area contributed by atoms with Gasteiger partial charge in [0.2, 0.25) is 0 Å². The van der Waals surface area contributed by atoms with Crippen LogP contribution in [0.25, 0.3) is 6.08 Å². The Hall–Kier alpha value is -0.370. The average Bonchev–Trinajstić information content (AvgIpc) is 2.61. The minimum atomic E-state index is -2.62. The molecule has 0 aliphatic carbocycles. The van der Waals surface area contributed by atoms with Crippen LogP contribution < -0.4 is 10.5 Å². The van der Waals surface area contributed by atoms with Gasteiger partial charge in [-0.25, -0.2) is 4.79 Å². The summed E-state index contributed by atoms with van der Waals surface area (Å²) >= 11 is -0.957. The van der Waals surface area contributed by atoms with Gasteiger partial charge < -0.3 is 15.2 Å². The van der Waals surface area contributed by atoms with Crippen molar-refractivity contribution < 1.29 is 40.2 Å². The van der Waals surface area contributed by atoms with Gasteiger partial charge in [0.05, 0.1) is 5.57 Å². The number of hydrogen-bond donors (Lipinski definition) is 3. The van der Waals surface area contributed by atoms with E-state index >= 15 is 0 Å². The van der Waals surface area contributed by atoms with Crippen molar-refractivity contribution in [3.05, 3.63) is 28.8 Å². The van der Waals surface area contributed by atoms with Crippen LogP contribution in [-0.4, -0.2) is 50.3 Å². The van der Waals surface area contributed by atoms with Gasteiger partial charge in [0.25, 0.3) is 0 Å². The van der Waals surface area contributed by atoms with Crippen LogP contribution in [0.4, 0.5) is 5.69 Å². The summed E-state index contributed by atoms with van der Waals surface area (Å²) in [4.78, 5) is 12.9. The molecule has 14 heteroatoms. The number of ether oxygens (including phenoxy) is 2. The molecule has 2 unspecified atom stereocenters. The number of carbonyl (C=O) groups excluding carboxylic acids is 1. The Morgan fingerprint density at radius 1 is 1.27 bits per heavy atom. The first-order valence-corrected chi connectivity index (χ1v) is 12.5. The number of rotatable bonds is 9. The van der Waals surface area contributed by atoms with Gasteiger partial charge in [-0.1, -0.05) is 45.2 Å². The van der Waals surface area contributed by atoms with Gasteiger partial charge in [0.15, 0.2) is 12.2 Å². The fraction of sp³-hybridized carbons (Fsp3) is 0.438. The predicted molar refractivity (Wildman–Crippen MR) is 128 cm³/mol. The maximum Gasteiger partial charge on any atom is 0.338 e. The van der Waals surface area contributed by atoms with E-state index in [0.717, 1.165) is 5.56 Å². The molecule has 0 saturated heterocycles. The van der Waals surface area contributed by atoms with Gasteiger partial charge in [-0.3, -0.25) is 17.5 Å². The predicted octanol–water partition coefficient (Wildman–Crippen LogP) is 2.53. The first kappa shape index (κ1) is 25.9. The van der Waals surface area contributed by atoms with Crippen molar-refractivity contribution in [2.45, 2.75) is 27.5 Å². The number of nitrogens with two attached hydrogens (primary N) is 1. The Bertz CT molecular complexity index is 870. The van der Waals surface area contributed by atoms with E-state index in [0.29, 0.717) is 17.0 Å². The van der Waals surface area contributed by atoms with Gasteiger partial charge in [0, 0.05) is 11.3 Å². The summed E-state index contributed by atoms with van der Waals surface area (Å²) in [5.74, 6) is -0.199. The molecular formula is C16H19I2NO9S2. The van der Waals surface area contributed by atoms with E-state index in [1.54, 1.807) is 18.2 Å². The zero-order chi connectivity index (χ0) is 22.6. The molecule has 0 fully saturated rings. The molecule has 0 amide bonds. The van der Waals surface area contributed by atoms with Crippen molar-refractivity contribution >= 4 is 85.6 Å². The second-order valence-corrected chi connectivity index (χ2v) is 14.2. The second kappa shape index (κ2) is 11.0. The lowest BCUT2D eigenvalue weighted by molar-refractivity contribution is -0.148. The smallest absolute Gasteiger partial charge is 0.338 e. The molecule has 1 aliphatic rings. The number of halogens is 2. The molecule has 0 radical (unpaired) electrons. The van der Waals surface area contributed by atoms with Gasteiger partial charge in [-0.2, -0.15) is 8.42 Å². The molecule has 10 nitrogen and oxygen atoms in total. The topological polar surface area (TPSA) is 155 Å². The van der Waals surface area contributed by atoms with Gasteiger partial charge in [-0.15, -0.1) is 0 Å². The molecule has 4 N–H and O–H groups in total. The SMILES string of the molecule is Cc1cc(N)cc2c1O[C@H](C(C)(I)I)C(C(=O)OC(COS(=O)O)COS(=O)O)=C2. The van der Waals surface area contributed by atoms with Crippen LogP contribution in [0.2, 0.25) is 0 Å². The van der Waals surface area contributed by atoms with E-state index in [9.17, 15) is 13.2 Å². The van der Waals surface area contributed by atoms with E-state index in [1.165, 1.54) is 0 Å². The summed E-state index contributed by atoms with van der Waals surface area (Å²) in [5, 5.41) is 0. The van der Waals surface area contributed by atoms with Gasteiger partial charge in [-0.05, 0) is 37.6 Å². The molecule has 1 aromatic carbocycles. The fourth-order valence-electron chi connectivity index (χ4n) is 2.67. The third-order valence-corrected chi connectivity index (χ3v) is 5.64. The standard InChI is InChI=1S/C16H19I2NO9S2/c1-8-3-10(19)4-9-5-12(14(16(2,17)18)28-13(8)9)15(20)27-11(6-25-29(21)22)7-26-30(23)24/h3-5,11,14H,6-7,19H2,1-2H3,(H,21,22)(H,23,24)/t14-/m0/s1. The van der Waals surface area contributed by atoms with Crippen LogP contribution in [0, 0.1) is 6.92 Å². The highest BCUT2D eigenvalue weighted by Crippen LogP contribution is 2.43. The normalized spacial score (nSPS) is 19.1. The largest absolute Gasteiger partial charge is 0.482 e. The summed E-state index contributed by atoms with van der Waals surface area (Å²) in [6.07, 6.45) is -0.301. The molecule has 30 heavy (non-hydrogen) atoms. The maximum absolute atomic E-state index is 12.9. The van der Waals surface area contributed by atoms with Crippen LogP contribution >= 0.6 is 45.2 Å². The Kier molecular flexibility index (Phi) is 9.47. The van der Waals surface area contributed by atoms with E-state index < -0.39 is 55.5 Å². The number of alkyl halides is 2. The Morgan fingerprint density at radius 3 is 2.33 bits per heavy atom. The highest BCUT2D eigenvalue weighted by atomic mass is 127. The van der Waals surface area contributed by atoms with E-state index in [2.05, 4.69) is 53.5 Å². The number of anilines is 1. The molecule has 0 saturated carbocycles. The number of nitrogen functional groups attached to an aromatic ring is 1. The van der Waals surface area contributed by atoms with Crippen LogP contribution in [0.5, 0.6) is 5.75 Å². The Labute approximate surface area is 205 Å². The van der Waals surface area contributed by atoms with Crippen molar-refractivity contribution in [2.24, 2.45) is 0 Å². The number of carbonyl (C=O) groups is 1. The summed E-state index contributed by atoms with van der Waals surface area (Å²) in [5.41, 5.74) is 7.99. The highest BCUT2D eigenvalue weighted by Gasteiger charge is 2.41. The van der Waals surface area contributed by atoms with E-state index in [-0.39, 0.29) is 5.57 Å². The zero-order valence-corrected chi connectivity index (χ0v) is 21.7. The van der Waals surface area contributed by atoms with Crippen LogP contribution in [0.1, 0.15) is 18.1 Å². The summed E-state index contributed by atoms with van der Waals surface area (Å²) < 4.78 is 59.0. The van der Waals surface area contributed by atoms with Crippen molar-refractivity contribution in [2.75, 3.05) is 18.9 Å². The molecular weight excluding hydrogens is 668 g/mol. The molecule has 1 heterocycles. The minimum absolute atomic E-state index is 0.180. The molecule has 168 valence electrons. The molecule has 0 spiro atoms. The van der Waals surface area contributed by atoms with Gasteiger partial charge in [0.1, 0.15) is 20.4 Å². The number of fused-ring (bicyclic) bond motifs is 1. The van der Waals surface area contributed by atoms with E-state index in [1.807, 2.05) is 13.8 Å².